The van der Waals surface area contributed by atoms with Gasteiger partial charge >= 0.3 is 0 Å². The summed E-state index contributed by atoms with van der Waals surface area (Å²) < 4.78 is 1.76. The summed E-state index contributed by atoms with van der Waals surface area (Å²) in [6, 6.07) is 5.48. The van der Waals surface area contributed by atoms with Crippen LogP contribution in [0, 0.1) is 6.92 Å². The van der Waals surface area contributed by atoms with Crippen molar-refractivity contribution >= 4 is 17.4 Å². The van der Waals surface area contributed by atoms with Crippen LogP contribution in [-0.2, 0) is 5.75 Å². The van der Waals surface area contributed by atoms with Gasteiger partial charge in [0.15, 0.2) is 0 Å². The molecule has 0 spiro atoms. The number of aromatic nitrogens is 2. The summed E-state index contributed by atoms with van der Waals surface area (Å²) in [6.07, 6.45) is 1.78. The number of hydrogen-bond acceptors (Lipinski definition) is 3. The molecule has 0 aromatic carbocycles. The average molecular weight is 262 g/mol. The van der Waals surface area contributed by atoms with Gasteiger partial charge < -0.3 is 0 Å². The average Bonchev–Trinajstić information content (AvgIpc) is 2.24. The molecule has 4 heteroatoms. The SMILES string of the molecule is Cc1ccn2c(=O)cc(CSC(C)(C)C)nc2c1. The molecule has 0 aliphatic heterocycles. The first-order valence-corrected chi connectivity index (χ1v) is 6.97. The van der Waals surface area contributed by atoms with Crippen molar-refractivity contribution in [2.24, 2.45) is 0 Å². The van der Waals surface area contributed by atoms with E-state index in [1.807, 2.05) is 19.1 Å². The zero-order valence-corrected chi connectivity index (χ0v) is 12.0. The summed E-state index contributed by atoms with van der Waals surface area (Å²) in [7, 11) is 0. The molecule has 0 atom stereocenters. The molecule has 18 heavy (non-hydrogen) atoms. The molecule has 0 saturated heterocycles. The van der Waals surface area contributed by atoms with E-state index in [1.165, 1.54) is 0 Å². The van der Waals surface area contributed by atoms with Gasteiger partial charge in [0, 0.05) is 22.8 Å². The highest BCUT2D eigenvalue weighted by molar-refractivity contribution is 7.99. The van der Waals surface area contributed by atoms with Gasteiger partial charge in [-0.25, -0.2) is 4.98 Å². The number of hydrogen-bond donors (Lipinski definition) is 0. The second kappa shape index (κ2) is 4.76. The Morgan fingerprint density at radius 1 is 1.33 bits per heavy atom. The Kier molecular flexibility index (Phi) is 3.48. The maximum absolute atomic E-state index is 11.9. The van der Waals surface area contributed by atoms with Crippen LogP contribution in [0.1, 0.15) is 32.0 Å². The molecule has 0 N–H and O–H groups in total. The summed E-state index contributed by atoms with van der Waals surface area (Å²) in [5.74, 6) is 0.767. The summed E-state index contributed by atoms with van der Waals surface area (Å²) in [5.41, 5.74) is 2.68. The summed E-state index contributed by atoms with van der Waals surface area (Å²) >= 11 is 1.80. The molecule has 0 amide bonds. The molecular weight excluding hydrogens is 244 g/mol. The first-order valence-electron chi connectivity index (χ1n) is 5.98. The molecule has 0 aliphatic carbocycles. The second-order valence-electron chi connectivity index (χ2n) is 5.42. The van der Waals surface area contributed by atoms with Crippen molar-refractivity contribution in [2.75, 3.05) is 0 Å². The first kappa shape index (κ1) is 13.1. The minimum atomic E-state index is -0.00971. The Morgan fingerprint density at radius 3 is 2.72 bits per heavy atom. The van der Waals surface area contributed by atoms with Crippen LogP contribution in [0.4, 0.5) is 0 Å². The molecule has 2 aromatic heterocycles. The van der Waals surface area contributed by atoms with Gasteiger partial charge in [0.25, 0.3) is 5.56 Å². The maximum atomic E-state index is 11.9. The van der Waals surface area contributed by atoms with E-state index in [2.05, 4.69) is 25.8 Å². The first-order chi connectivity index (χ1) is 8.35. The lowest BCUT2D eigenvalue weighted by Crippen LogP contribution is -2.16. The van der Waals surface area contributed by atoms with Gasteiger partial charge in [-0.3, -0.25) is 9.20 Å². The van der Waals surface area contributed by atoms with E-state index < -0.39 is 0 Å². The summed E-state index contributed by atoms with van der Waals surface area (Å²) in [5, 5.41) is 0. The maximum Gasteiger partial charge on any atom is 0.258 e. The Hall–Kier alpha value is -1.29. The van der Waals surface area contributed by atoms with Crippen molar-refractivity contribution in [2.45, 2.75) is 38.2 Å². The van der Waals surface area contributed by atoms with E-state index in [0.717, 1.165) is 22.7 Å². The standard InChI is InChI=1S/C14H18N2OS/c1-10-5-6-16-12(7-10)15-11(8-13(16)17)9-18-14(2,3)4/h5-8H,9H2,1-4H3. The minimum Gasteiger partial charge on any atom is -0.269 e. The van der Waals surface area contributed by atoms with Crippen LogP contribution >= 0.6 is 11.8 Å². The molecule has 0 bridgehead atoms. The van der Waals surface area contributed by atoms with Crippen LogP contribution in [-0.4, -0.2) is 14.1 Å². The lowest BCUT2D eigenvalue weighted by atomic mass is 10.3. The number of rotatable bonds is 2. The lowest BCUT2D eigenvalue weighted by Gasteiger charge is -2.17. The van der Waals surface area contributed by atoms with Crippen molar-refractivity contribution in [3.8, 4) is 0 Å². The fraction of sp³-hybridized carbons (Fsp3) is 0.429. The highest BCUT2D eigenvalue weighted by Crippen LogP contribution is 2.26. The third-order valence-electron chi connectivity index (χ3n) is 2.53. The van der Waals surface area contributed by atoms with E-state index in [-0.39, 0.29) is 10.3 Å². The monoisotopic (exact) mass is 262 g/mol. The minimum absolute atomic E-state index is 0.00971. The predicted molar refractivity (Wildman–Crippen MR) is 77.2 cm³/mol. The number of aryl methyl sites for hydroxylation is 1. The third-order valence-corrected chi connectivity index (χ3v) is 3.83. The Labute approximate surface area is 111 Å². The Morgan fingerprint density at radius 2 is 2.06 bits per heavy atom. The Balaban J connectivity index is 2.39. The van der Waals surface area contributed by atoms with Crippen molar-refractivity contribution in [3.63, 3.8) is 0 Å². The highest BCUT2D eigenvalue weighted by Gasteiger charge is 2.12. The van der Waals surface area contributed by atoms with Crippen molar-refractivity contribution in [3.05, 3.63) is 46.0 Å². The zero-order valence-electron chi connectivity index (χ0n) is 11.2. The highest BCUT2D eigenvalue weighted by atomic mass is 32.2. The molecule has 0 radical (unpaired) electrons. The second-order valence-corrected chi connectivity index (χ2v) is 7.22. The van der Waals surface area contributed by atoms with Gasteiger partial charge in [-0.15, -0.1) is 11.8 Å². The van der Waals surface area contributed by atoms with E-state index >= 15 is 0 Å². The molecule has 0 saturated carbocycles. The zero-order chi connectivity index (χ0) is 13.3. The fourth-order valence-electron chi connectivity index (χ4n) is 1.62. The summed E-state index contributed by atoms with van der Waals surface area (Å²) in [6.45, 7) is 8.49. The normalized spacial score (nSPS) is 12.0. The molecule has 0 aliphatic rings. The third kappa shape index (κ3) is 3.13. The molecule has 0 fully saturated rings. The molecule has 2 aromatic rings. The van der Waals surface area contributed by atoms with Gasteiger partial charge in [-0.2, -0.15) is 0 Å². The molecule has 96 valence electrons. The van der Waals surface area contributed by atoms with Gasteiger partial charge in [0.05, 0.1) is 5.69 Å². The fourth-order valence-corrected chi connectivity index (χ4v) is 2.35. The number of nitrogens with zero attached hydrogens (tertiary/aromatic N) is 2. The van der Waals surface area contributed by atoms with Crippen molar-refractivity contribution in [1.29, 1.82) is 0 Å². The van der Waals surface area contributed by atoms with E-state index in [4.69, 9.17) is 0 Å². The summed E-state index contributed by atoms with van der Waals surface area (Å²) in [4.78, 5) is 16.5. The quantitative estimate of drug-likeness (QED) is 0.834. The van der Waals surface area contributed by atoms with Gasteiger partial charge in [-0.1, -0.05) is 20.8 Å². The lowest BCUT2D eigenvalue weighted by molar-refractivity contribution is 0.801. The molecule has 2 heterocycles. The van der Waals surface area contributed by atoms with Crippen LogP contribution in [0.5, 0.6) is 0 Å². The molecule has 3 nitrogen and oxygen atoms in total. The number of thioether (sulfide) groups is 1. The van der Waals surface area contributed by atoms with Crippen LogP contribution < -0.4 is 5.56 Å². The Bertz CT molecular complexity index is 626. The van der Waals surface area contributed by atoms with E-state index in [0.29, 0.717) is 0 Å². The van der Waals surface area contributed by atoms with Crippen LogP contribution in [0.15, 0.2) is 29.2 Å². The predicted octanol–water partition coefficient (Wildman–Crippen LogP) is 3.03. The molecular formula is C14H18N2OS. The van der Waals surface area contributed by atoms with E-state index in [9.17, 15) is 4.79 Å². The molecule has 2 rings (SSSR count). The largest absolute Gasteiger partial charge is 0.269 e. The van der Waals surface area contributed by atoms with Gasteiger partial charge in [0.2, 0.25) is 0 Å². The van der Waals surface area contributed by atoms with Crippen LogP contribution in [0.25, 0.3) is 5.65 Å². The van der Waals surface area contributed by atoms with Crippen molar-refractivity contribution in [1.82, 2.24) is 9.38 Å². The molecule has 0 unspecified atom stereocenters. The number of fused-ring (bicyclic) bond motifs is 1. The smallest absolute Gasteiger partial charge is 0.258 e. The van der Waals surface area contributed by atoms with E-state index in [1.54, 1.807) is 28.4 Å². The van der Waals surface area contributed by atoms with Crippen LogP contribution in [0.3, 0.4) is 0 Å². The van der Waals surface area contributed by atoms with Crippen LogP contribution in [0.2, 0.25) is 0 Å². The van der Waals surface area contributed by atoms with Gasteiger partial charge in [0.1, 0.15) is 5.65 Å². The van der Waals surface area contributed by atoms with Crippen molar-refractivity contribution < 1.29 is 0 Å². The number of pyridine rings is 1. The van der Waals surface area contributed by atoms with Gasteiger partial charge in [-0.05, 0) is 24.6 Å². The topological polar surface area (TPSA) is 34.4 Å².